The number of nitrogens with zero attached hydrogens (tertiary/aromatic N) is 1. The number of phenols is 3. The van der Waals surface area contributed by atoms with Gasteiger partial charge in [0.25, 0.3) is 11.7 Å². The van der Waals surface area contributed by atoms with Gasteiger partial charge in [0.05, 0.1) is 53.0 Å². The summed E-state index contributed by atoms with van der Waals surface area (Å²) in [6, 6.07) is 0. The van der Waals surface area contributed by atoms with Crippen LogP contribution < -0.4 is 10.1 Å². The molecule has 0 aliphatic carbocycles. The maximum absolute atomic E-state index is 14.3. The Hall–Kier alpha value is -5.38. The normalized spacial score (nSPS) is 30.1. The van der Waals surface area contributed by atoms with Crippen LogP contribution in [-0.2, 0) is 28.6 Å². The molecule has 5 bridgehead atoms. The van der Waals surface area contributed by atoms with E-state index in [0.717, 1.165) is 6.21 Å². The number of aromatic hydroxyl groups is 3. The van der Waals surface area contributed by atoms with E-state index in [1.54, 1.807) is 46.8 Å². The zero-order valence-electron chi connectivity index (χ0n) is 33.9. The summed E-state index contributed by atoms with van der Waals surface area (Å²) in [5.74, 6) is -8.73. The summed E-state index contributed by atoms with van der Waals surface area (Å²) >= 11 is 0. The van der Waals surface area contributed by atoms with Crippen LogP contribution in [0.5, 0.6) is 23.0 Å². The molecule has 0 fully saturated rings. The van der Waals surface area contributed by atoms with E-state index >= 15 is 0 Å². The molecule has 6 N–H and O–H groups in total. The maximum atomic E-state index is 14.3. The SMILES string of the molecule is C=C(C)CO/N=C/c1c2c(O)c3c(O)c(C)c4c(c3c1O)C(=O)[C@@](C)(OC=C[C@H](OC)[C@@H](C)[C@@H](OC(C)=O)[C@H](C)[C@H](O)[C@H](C)[C@@H](O)[C@@H](C)/C=C\C=C(\C)C(=O)N2)O4. The van der Waals surface area contributed by atoms with Crippen LogP contribution in [0.1, 0.15) is 76.9 Å². The highest BCUT2D eigenvalue weighted by Crippen LogP contribution is 2.55. The van der Waals surface area contributed by atoms with Gasteiger partial charge in [-0.05, 0) is 32.4 Å². The highest BCUT2D eigenvalue weighted by molar-refractivity contribution is 6.23. The Kier molecular flexibility index (Phi) is 13.9. The fourth-order valence-electron chi connectivity index (χ4n) is 7.11. The second-order valence-electron chi connectivity index (χ2n) is 15.1. The molecule has 2 aromatic carbocycles. The number of rotatable bonds is 6. The van der Waals surface area contributed by atoms with E-state index in [1.165, 1.54) is 53.2 Å². The number of carbonyl (C=O) groups is 3. The van der Waals surface area contributed by atoms with Crippen molar-refractivity contribution in [2.24, 2.45) is 28.8 Å². The molecule has 9 atom stereocenters. The largest absolute Gasteiger partial charge is 0.507 e. The third kappa shape index (κ3) is 8.95. The molecule has 5 rings (SSSR count). The zero-order valence-corrected chi connectivity index (χ0v) is 33.9. The van der Waals surface area contributed by atoms with Gasteiger partial charge in [-0.3, -0.25) is 14.4 Å². The van der Waals surface area contributed by atoms with Crippen molar-refractivity contribution in [3.05, 3.63) is 65.0 Å². The summed E-state index contributed by atoms with van der Waals surface area (Å²) in [7, 11) is 1.42. The lowest BCUT2D eigenvalue weighted by Crippen LogP contribution is -2.46. The van der Waals surface area contributed by atoms with Crippen LogP contribution in [0.3, 0.4) is 0 Å². The van der Waals surface area contributed by atoms with Gasteiger partial charge in [0, 0.05) is 61.2 Å². The molecule has 310 valence electrons. The summed E-state index contributed by atoms with van der Waals surface area (Å²) in [5, 5.41) is 63.6. The summed E-state index contributed by atoms with van der Waals surface area (Å²) in [5.41, 5.74) is -0.0568. The number of nitrogens with one attached hydrogen (secondary N) is 1. The number of ketones is 1. The van der Waals surface area contributed by atoms with Gasteiger partial charge in [-0.2, -0.15) is 0 Å². The van der Waals surface area contributed by atoms with Gasteiger partial charge >= 0.3 is 11.8 Å². The van der Waals surface area contributed by atoms with Crippen molar-refractivity contribution >= 4 is 40.3 Å². The number of esters is 1. The van der Waals surface area contributed by atoms with Gasteiger partial charge in [-0.25, -0.2) is 0 Å². The Bertz CT molecular complexity index is 2040. The monoisotopic (exact) mass is 794 g/mol. The van der Waals surface area contributed by atoms with E-state index in [4.69, 9.17) is 23.8 Å². The zero-order chi connectivity index (χ0) is 42.7. The minimum Gasteiger partial charge on any atom is -0.507 e. The van der Waals surface area contributed by atoms with Crippen LogP contribution >= 0.6 is 0 Å². The number of Topliss-reactive ketones (excluding diaryl/α,β-unsaturated/α-hetero) is 1. The molecule has 15 nitrogen and oxygen atoms in total. The molecule has 2 aromatic rings. The average Bonchev–Trinajstić information content (AvgIpc) is 3.42. The number of anilines is 1. The van der Waals surface area contributed by atoms with E-state index in [1.807, 2.05) is 0 Å². The Labute approximate surface area is 331 Å². The molecule has 15 heteroatoms. The molecule has 3 heterocycles. The quantitative estimate of drug-likeness (QED) is 0.0518. The lowest BCUT2D eigenvalue weighted by molar-refractivity contribution is -0.160. The maximum Gasteiger partial charge on any atom is 0.312 e. The smallest absolute Gasteiger partial charge is 0.312 e. The molecule has 0 saturated heterocycles. The Morgan fingerprint density at radius 3 is 2.26 bits per heavy atom. The molecule has 3 aliphatic rings. The van der Waals surface area contributed by atoms with Crippen LogP contribution in [0.2, 0.25) is 0 Å². The summed E-state index contributed by atoms with van der Waals surface area (Å²) in [6.07, 6.45) is 4.43. The molecule has 0 saturated carbocycles. The number of allylic oxidation sites excluding steroid dienone is 2. The van der Waals surface area contributed by atoms with Gasteiger partial charge in [-0.1, -0.05) is 57.7 Å². The lowest BCUT2D eigenvalue weighted by Gasteiger charge is -2.38. The van der Waals surface area contributed by atoms with E-state index in [2.05, 4.69) is 17.1 Å². The number of aliphatic hydroxyl groups excluding tert-OH is 2. The van der Waals surface area contributed by atoms with Crippen LogP contribution in [0.4, 0.5) is 5.69 Å². The minimum atomic E-state index is -2.07. The van der Waals surface area contributed by atoms with E-state index in [-0.39, 0.29) is 51.1 Å². The standard InChI is InChI=1S/C42H54N2O13/c1-19(2)18-55-43-17-27-32-37(50)30-29(36(27)49)31-39(25(8)35(30)48)57-42(10,40(31)51)54-16-15-28(53-11)22(5)38(56-26(9)45)24(7)34(47)23(6)33(46)20(3)13-12-14-21(4)41(52)44-32/h12-17,20,22-24,28,33-34,38,46-50H,1,18H2,2-11H3,(H,44,52)/b13-12-,16-15?,21-14-,43-17+/t20-,22+,23+,24+,28-,33-,34+,38+,42-/m0/s1. The van der Waals surface area contributed by atoms with Crippen molar-refractivity contribution in [3.8, 4) is 23.0 Å². The number of aliphatic hydroxyl groups is 2. The molecule has 3 aliphatic heterocycles. The highest BCUT2D eigenvalue weighted by atomic mass is 16.7. The number of phenolic OH excluding ortho intramolecular Hbond substituents is 3. The minimum absolute atomic E-state index is 0.00855. The van der Waals surface area contributed by atoms with E-state index in [0.29, 0.717) is 5.57 Å². The Morgan fingerprint density at radius 2 is 1.65 bits per heavy atom. The fraction of sp³-hybridized carbons (Fsp3) is 0.476. The molecular weight excluding hydrogens is 740 g/mol. The van der Waals surface area contributed by atoms with Crippen LogP contribution in [-0.4, -0.2) is 93.3 Å². The number of methoxy groups -OCH3 is 1. The number of hydrogen-bond acceptors (Lipinski definition) is 14. The van der Waals surface area contributed by atoms with E-state index in [9.17, 15) is 39.9 Å². The molecule has 0 aromatic heterocycles. The first-order valence-electron chi connectivity index (χ1n) is 18.6. The topological polar surface area (TPSA) is 223 Å². The fourth-order valence-corrected chi connectivity index (χ4v) is 7.11. The Morgan fingerprint density at radius 1 is 0.982 bits per heavy atom. The highest BCUT2D eigenvalue weighted by Gasteiger charge is 2.50. The number of benzene rings is 2. The van der Waals surface area contributed by atoms with Crippen LogP contribution in [0, 0.1) is 30.6 Å². The van der Waals surface area contributed by atoms with Crippen LogP contribution in [0.25, 0.3) is 10.8 Å². The number of oxime groups is 1. The number of fused-ring (bicyclic) bond motifs is 14. The first-order valence-corrected chi connectivity index (χ1v) is 18.6. The predicted octanol–water partition coefficient (Wildman–Crippen LogP) is 5.68. The third-order valence-electron chi connectivity index (χ3n) is 10.6. The lowest BCUT2D eigenvalue weighted by atomic mass is 9.78. The van der Waals surface area contributed by atoms with Crippen LogP contribution in [0.15, 0.2) is 53.4 Å². The number of amides is 1. The Balaban J connectivity index is 1.97. The van der Waals surface area contributed by atoms with Gasteiger partial charge in [0.2, 0.25) is 0 Å². The second kappa shape index (κ2) is 17.8. The average molecular weight is 795 g/mol. The summed E-state index contributed by atoms with van der Waals surface area (Å²) in [6.45, 7) is 17.8. The first kappa shape index (κ1) is 44.3. The molecule has 1 amide bonds. The predicted molar refractivity (Wildman–Crippen MR) is 212 cm³/mol. The van der Waals surface area contributed by atoms with Gasteiger partial charge < -0.3 is 54.6 Å². The molecule has 0 radical (unpaired) electrons. The van der Waals surface area contributed by atoms with Crippen molar-refractivity contribution in [3.63, 3.8) is 0 Å². The van der Waals surface area contributed by atoms with Crippen molar-refractivity contribution in [1.29, 1.82) is 0 Å². The molecule has 57 heavy (non-hydrogen) atoms. The van der Waals surface area contributed by atoms with Crippen molar-refractivity contribution in [1.82, 2.24) is 0 Å². The first-order chi connectivity index (χ1) is 26.7. The number of ether oxygens (including phenoxy) is 4. The summed E-state index contributed by atoms with van der Waals surface area (Å²) in [4.78, 5) is 45.4. The molecule has 0 unspecified atom stereocenters. The van der Waals surface area contributed by atoms with Gasteiger partial charge in [0.15, 0.2) is 5.75 Å². The third-order valence-corrected chi connectivity index (χ3v) is 10.6. The van der Waals surface area contributed by atoms with Crippen molar-refractivity contribution < 1.29 is 63.7 Å². The summed E-state index contributed by atoms with van der Waals surface area (Å²) < 4.78 is 23.4. The molecule has 0 spiro atoms. The van der Waals surface area contributed by atoms with E-state index < -0.39 is 88.8 Å². The number of carbonyl (C=O) groups excluding carboxylic acids is 3. The van der Waals surface area contributed by atoms with Crippen molar-refractivity contribution in [2.45, 2.75) is 92.5 Å². The molecular formula is C42H54N2O13. The van der Waals surface area contributed by atoms with Crippen molar-refractivity contribution in [2.75, 3.05) is 19.0 Å². The van der Waals surface area contributed by atoms with Gasteiger partial charge in [-0.15, -0.1) is 0 Å². The second-order valence-corrected chi connectivity index (χ2v) is 15.1. The number of hydrogen-bond donors (Lipinski definition) is 6. The van der Waals surface area contributed by atoms with Gasteiger partial charge in [0.1, 0.15) is 30.0 Å².